The highest BCUT2D eigenvalue weighted by Crippen LogP contribution is 2.59. The van der Waals surface area contributed by atoms with E-state index in [0.29, 0.717) is 12.0 Å². The highest BCUT2D eigenvalue weighted by Gasteiger charge is 2.50. The Morgan fingerprint density at radius 1 is 1.21 bits per heavy atom. The molecule has 0 aromatic carbocycles. The van der Waals surface area contributed by atoms with Crippen LogP contribution in [0.3, 0.4) is 0 Å². The van der Waals surface area contributed by atoms with Crippen molar-refractivity contribution in [3.8, 4) is 0 Å². The standard InChI is InChI=1S/C23H34N2O2S/c26-22(24-16-23-10-17-7-18(11-23)9-19(8-17)12-23)15-25(13-20-3-1-5-27-20)14-21-4-2-6-28-21/h2,4,6,17-20H,1,3,5,7-16H2,(H,24,26)/t17?,18?,19?,20-,23?/m1/s1. The second-order valence-corrected chi connectivity index (χ2v) is 11.1. The zero-order chi connectivity index (χ0) is 19.0. The molecule has 4 bridgehead atoms. The monoisotopic (exact) mass is 402 g/mol. The summed E-state index contributed by atoms with van der Waals surface area (Å²) in [6.07, 6.45) is 11.0. The van der Waals surface area contributed by atoms with Crippen LogP contribution in [0.15, 0.2) is 17.5 Å². The van der Waals surface area contributed by atoms with Crippen molar-refractivity contribution in [1.29, 1.82) is 0 Å². The van der Waals surface area contributed by atoms with E-state index in [-0.39, 0.29) is 12.0 Å². The molecule has 4 saturated carbocycles. The highest BCUT2D eigenvalue weighted by atomic mass is 32.1. The third-order valence-electron chi connectivity index (χ3n) is 7.64. The summed E-state index contributed by atoms with van der Waals surface area (Å²) in [5.74, 6) is 3.03. The minimum Gasteiger partial charge on any atom is -0.377 e. The maximum absolute atomic E-state index is 12.9. The van der Waals surface area contributed by atoms with Gasteiger partial charge in [-0.25, -0.2) is 0 Å². The van der Waals surface area contributed by atoms with Crippen LogP contribution in [0.4, 0.5) is 0 Å². The van der Waals surface area contributed by atoms with E-state index in [2.05, 4.69) is 27.7 Å². The van der Waals surface area contributed by atoms with Crippen LogP contribution in [0.1, 0.15) is 56.2 Å². The van der Waals surface area contributed by atoms with Crippen molar-refractivity contribution in [3.05, 3.63) is 22.4 Å². The van der Waals surface area contributed by atoms with Gasteiger partial charge in [0, 0.05) is 31.1 Å². The molecule has 1 N–H and O–H groups in total. The lowest BCUT2D eigenvalue weighted by molar-refractivity contribution is -0.124. The first kappa shape index (κ1) is 19.1. The molecule has 4 aliphatic carbocycles. The first-order valence-electron chi connectivity index (χ1n) is 11.3. The molecule has 0 spiro atoms. The Morgan fingerprint density at radius 3 is 2.57 bits per heavy atom. The number of hydrogen-bond donors (Lipinski definition) is 1. The normalized spacial score (nSPS) is 36.3. The Kier molecular flexibility index (Phi) is 5.50. The third kappa shape index (κ3) is 4.31. The number of rotatable bonds is 8. The smallest absolute Gasteiger partial charge is 0.234 e. The fraction of sp³-hybridized carbons (Fsp3) is 0.783. The third-order valence-corrected chi connectivity index (χ3v) is 8.50. The Hall–Kier alpha value is -0.910. The molecule has 6 rings (SSSR count). The minimum absolute atomic E-state index is 0.199. The van der Waals surface area contributed by atoms with Gasteiger partial charge in [-0.1, -0.05) is 6.07 Å². The lowest BCUT2D eigenvalue weighted by atomic mass is 9.49. The predicted molar refractivity (Wildman–Crippen MR) is 112 cm³/mol. The number of carbonyl (C=O) groups is 1. The van der Waals surface area contributed by atoms with E-state index < -0.39 is 0 Å². The average Bonchev–Trinajstić information content (AvgIpc) is 3.33. The Balaban J connectivity index is 1.16. The molecule has 1 aromatic heterocycles. The van der Waals surface area contributed by atoms with Crippen molar-refractivity contribution in [2.24, 2.45) is 23.2 Å². The van der Waals surface area contributed by atoms with Gasteiger partial charge in [-0.15, -0.1) is 11.3 Å². The Bertz CT molecular complexity index is 633. The molecule has 1 aliphatic heterocycles. The summed E-state index contributed by atoms with van der Waals surface area (Å²) >= 11 is 1.77. The van der Waals surface area contributed by atoms with Gasteiger partial charge in [0.25, 0.3) is 0 Å². The molecule has 1 amide bonds. The van der Waals surface area contributed by atoms with Crippen LogP contribution in [-0.2, 0) is 16.1 Å². The SMILES string of the molecule is O=C(CN(Cc1cccs1)C[C@H]1CCCO1)NCC12CC3CC(CC(C3)C1)C2. The van der Waals surface area contributed by atoms with Crippen molar-refractivity contribution in [2.75, 3.05) is 26.2 Å². The number of amides is 1. The highest BCUT2D eigenvalue weighted by molar-refractivity contribution is 7.09. The van der Waals surface area contributed by atoms with Gasteiger partial charge in [0.1, 0.15) is 0 Å². The number of hydrogen-bond acceptors (Lipinski definition) is 4. The first-order valence-corrected chi connectivity index (χ1v) is 12.2. The number of ether oxygens (including phenoxy) is 1. The van der Waals surface area contributed by atoms with Crippen LogP contribution in [-0.4, -0.2) is 43.2 Å². The largest absolute Gasteiger partial charge is 0.377 e. The fourth-order valence-corrected chi connectivity index (χ4v) is 7.68. The Morgan fingerprint density at radius 2 is 1.96 bits per heavy atom. The van der Waals surface area contributed by atoms with E-state index in [1.165, 1.54) is 43.4 Å². The molecule has 28 heavy (non-hydrogen) atoms. The van der Waals surface area contributed by atoms with Gasteiger partial charge < -0.3 is 10.1 Å². The minimum atomic E-state index is 0.199. The maximum Gasteiger partial charge on any atom is 0.234 e. The lowest BCUT2D eigenvalue weighted by Gasteiger charge is -2.56. The summed E-state index contributed by atoms with van der Waals surface area (Å²) in [6, 6.07) is 4.26. The molecule has 1 aromatic rings. The summed E-state index contributed by atoms with van der Waals surface area (Å²) < 4.78 is 5.84. The molecule has 0 unspecified atom stereocenters. The van der Waals surface area contributed by atoms with Crippen LogP contribution in [0, 0.1) is 23.2 Å². The summed E-state index contributed by atoms with van der Waals surface area (Å²) in [6.45, 7) is 3.98. The zero-order valence-corrected chi connectivity index (χ0v) is 17.7. The van der Waals surface area contributed by atoms with Crippen molar-refractivity contribution in [2.45, 2.75) is 64.0 Å². The zero-order valence-electron chi connectivity index (χ0n) is 16.9. The van der Waals surface area contributed by atoms with Gasteiger partial charge >= 0.3 is 0 Å². The molecule has 1 atom stereocenters. The summed E-state index contributed by atoms with van der Waals surface area (Å²) in [4.78, 5) is 16.5. The summed E-state index contributed by atoms with van der Waals surface area (Å²) in [7, 11) is 0. The molecule has 154 valence electrons. The van der Waals surface area contributed by atoms with Crippen LogP contribution in [0.2, 0.25) is 0 Å². The van der Waals surface area contributed by atoms with Gasteiger partial charge in [0.05, 0.1) is 12.6 Å². The molecule has 4 nitrogen and oxygen atoms in total. The summed E-state index contributed by atoms with van der Waals surface area (Å²) in [5, 5.41) is 5.47. The van der Waals surface area contributed by atoms with Gasteiger partial charge in [-0.05, 0) is 86.0 Å². The second-order valence-electron chi connectivity index (χ2n) is 10.1. The Labute approximate surface area is 173 Å². The van der Waals surface area contributed by atoms with Crippen LogP contribution < -0.4 is 5.32 Å². The van der Waals surface area contributed by atoms with Crippen LogP contribution in [0.25, 0.3) is 0 Å². The van der Waals surface area contributed by atoms with Crippen LogP contribution >= 0.6 is 11.3 Å². The van der Waals surface area contributed by atoms with Crippen molar-refractivity contribution < 1.29 is 9.53 Å². The fourth-order valence-electron chi connectivity index (χ4n) is 6.94. The van der Waals surface area contributed by atoms with E-state index in [9.17, 15) is 4.79 Å². The van der Waals surface area contributed by atoms with Gasteiger partial charge in [0.15, 0.2) is 0 Å². The van der Waals surface area contributed by atoms with E-state index in [4.69, 9.17) is 4.74 Å². The molecular formula is C23H34N2O2S. The topological polar surface area (TPSA) is 41.6 Å². The van der Waals surface area contributed by atoms with Crippen molar-refractivity contribution in [1.82, 2.24) is 10.2 Å². The van der Waals surface area contributed by atoms with Gasteiger partial charge in [0.2, 0.25) is 5.91 Å². The number of carbonyl (C=O) groups excluding carboxylic acids is 1. The average molecular weight is 403 g/mol. The lowest BCUT2D eigenvalue weighted by Crippen LogP contribution is -2.52. The predicted octanol–water partition coefficient (Wildman–Crippen LogP) is 4.06. The van der Waals surface area contributed by atoms with E-state index >= 15 is 0 Å². The number of nitrogens with one attached hydrogen (secondary N) is 1. The van der Waals surface area contributed by atoms with Gasteiger partial charge in [-0.2, -0.15) is 0 Å². The molecule has 5 heteroatoms. The van der Waals surface area contributed by atoms with E-state index in [0.717, 1.165) is 56.8 Å². The first-order chi connectivity index (χ1) is 13.7. The molecule has 5 aliphatic rings. The van der Waals surface area contributed by atoms with Crippen LogP contribution in [0.5, 0.6) is 0 Å². The maximum atomic E-state index is 12.9. The molecule has 5 fully saturated rings. The second kappa shape index (κ2) is 8.08. The van der Waals surface area contributed by atoms with Gasteiger partial charge in [-0.3, -0.25) is 9.69 Å². The number of thiophene rings is 1. The summed E-state index contributed by atoms with van der Waals surface area (Å²) in [5.41, 5.74) is 0.414. The number of nitrogens with zero attached hydrogens (tertiary/aromatic N) is 1. The molecule has 0 radical (unpaired) electrons. The van der Waals surface area contributed by atoms with Crippen molar-refractivity contribution in [3.63, 3.8) is 0 Å². The van der Waals surface area contributed by atoms with Crippen molar-refractivity contribution >= 4 is 17.2 Å². The van der Waals surface area contributed by atoms with E-state index in [1.807, 2.05) is 0 Å². The molecule has 1 saturated heterocycles. The molecular weight excluding hydrogens is 368 g/mol. The quantitative estimate of drug-likeness (QED) is 0.713. The van der Waals surface area contributed by atoms with E-state index in [1.54, 1.807) is 11.3 Å². The molecule has 2 heterocycles.